The molecule has 0 saturated carbocycles. The second-order valence-corrected chi connectivity index (χ2v) is 3.75. The molecular formula is C9H16N2O3. The molecule has 0 spiro atoms. The lowest BCUT2D eigenvalue weighted by Gasteiger charge is -2.25. The Labute approximate surface area is 83.3 Å². The summed E-state index contributed by atoms with van der Waals surface area (Å²) in [6, 6.07) is 0.0635. The zero-order valence-corrected chi connectivity index (χ0v) is 8.56. The number of nitrogens with zero attached hydrogens (tertiary/aromatic N) is 2. The molecule has 0 aromatic heterocycles. The summed E-state index contributed by atoms with van der Waals surface area (Å²) in [5.41, 5.74) is 0. The van der Waals surface area contributed by atoms with Crippen molar-refractivity contribution in [3.8, 4) is 0 Å². The lowest BCUT2D eigenvalue weighted by Crippen LogP contribution is -2.43. The number of likely N-dealkylation sites (tertiary alicyclic amines) is 1. The van der Waals surface area contributed by atoms with E-state index >= 15 is 0 Å². The monoisotopic (exact) mass is 200 g/mol. The number of likely N-dealkylation sites (N-methyl/N-ethyl adjacent to an activating group) is 1. The van der Waals surface area contributed by atoms with Gasteiger partial charge in [-0.15, -0.1) is 0 Å². The van der Waals surface area contributed by atoms with Crippen molar-refractivity contribution in [2.45, 2.75) is 19.4 Å². The van der Waals surface area contributed by atoms with E-state index in [1.54, 1.807) is 0 Å². The van der Waals surface area contributed by atoms with Crippen molar-refractivity contribution in [3.05, 3.63) is 0 Å². The first-order chi connectivity index (χ1) is 6.50. The number of carbonyl (C=O) groups excluding carboxylic acids is 1. The van der Waals surface area contributed by atoms with Crippen LogP contribution >= 0.6 is 0 Å². The lowest BCUT2D eigenvalue weighted by atomic mass is 10.2. The van der Waals surface area contributed by atoms with Crippen molar-refractivity contribution >= 4 is 11.9 Å². The minimum Gasteiger partial charge on any atom is -0.480 e. The standard InChI is InChI=1S/C9H16N2O3/c1-7(12)11(6-9(13)14)8-3-4-10(2)5-8/h8H,3-6H2,1-2H3,(H,13,14)/t8-/m1/s1. The molecule has 0 bridgehead atoms. The van der Waals surface area contributed by atoms with E-state index in [-0.39, 0.29) is 18.5 Å². The van der Waals surface area contributed by atoms with Gasteiger partial charge in [0.2, 0.25) is 5.91 Å². The fraction of sp³-hybridized carbons (Fsp3) is 0.778. The molecular weight excluding hydrogens is 184 g/mol. The molecule has 5 heteroatoms. The van der Waals surface area contributed by atoms with Gasteiger partial charge < -0.3 is 14.9 Å². The molecule has 1 fully saturated rings. The van der Waals surface area contributed by atoms with Gasteiger partial charge in [0, 0.05) is 19.5 Å². The predicted octanol–water partition coefficient (Wildman–Crippen LogP) is -0.376. The van der Waals surface area contributed by atoms with E-state index in [1.165, 1.54) is 11.8 Å². The molecule has 1 saturated heterocycles. The van der Waals surface area contributed by atoms with E-state index in [0.717, 1.165) is 19.5 Å². The molecule has 1 heterocycles. The SMILES string of the molecule is CC(=O)N(CC(=O)O)[C@@H]1CCN(C)C1. The summed E-state index contributed by atoms with van der Waals surface area (Å²) in [7, 11) is 1.97. The van der Waals surface area contributed by atoms with E-state index in [2.05, 4.69) is 4.90 Å². The summed E-state index contributed by atoms with van der Waals surface area (Å²) in [6.45, 7) is 2.93. The number of rotatable bonds is 3. The molecule has 1 atom stereocenters. The fourth-order valence-corrected chi connectivity index (χ4v) is 1.81. The maximum absolute atomic E-state index is 11.2. The molecule has 14 heavy (non-hydrogen) atoms. The van der Waals surface area contributed by atoms with Gasteiger partial charge in [-0.05, 0) is 20.0 Å². The summed E-state index contributed by atoms with van der Waals surface area (Å²) in [5.74, 6) is -1.11. The number of carbonyl (C=O) groups is 2. The average Bonchev–Trinajstić information content (AvgIpc) is 2.46. The van der Waals surface area contributed by atoms with Gasteiger partial charge in [0.25, 0.3) is 0 Å². The first kappa shape index (κ1) is 11.0. The van der Waals surface area contributed by atoms with Crippen LogP contribution in [0.5, 0.6) is 0 Å². The smallest absolute Gasteiger partial charge is 0.323 e. The van der Waals surface area contributed by atoms with Crippen molar-refractivity contribution in [2.24, 2.45) is 0 Å². The highest BCUT2D eigenvalue weighted by atomic mass is 16.4. The first-order valence-corrected chi connectivity index (χ1v) is 4.68. The molecule has 0 unspecified atom stereocenters. The molecule has 1 amide bonds. The molecule has 80 valence electrons. The van der Waals surface area contributed by atoms with Crippen LogP contribution in [-0.4, -0.2) is 59.5 Å². The van der Waals surface area contributed by atoms with Crippen LogP contribution in [0.4, 0.5) is 0 Å². The average molecular weight is 200 g/mol. The van der Waals surface area contributed by atoms with Gasteiger partial charge >= 0.3 is 5.97 Å². The second kappa shape index (κ2) is 4.41. The zero-order chi connectivity index (χ0) is 10.7. The Morgan fingerprint density at radius 2 is 2.21 bits per heavy atom. The molecule has 0 aromatic carbocycles. The van der Waals surface area contributed by atoms with Crippen LogP contribution in [0, 0.1) is 0 Å². The maximum Gasteiger partial charge on any atom is 0.323 e. The Bertz CT molecular complexity index is 242. The van der Waals surface area contributed by atoms with Crippen LogP contribution in [0.25, 0.3) is 0 Å². The third-order valence-electron chi connectivity index (χ3n) is 2.52. The van der Waals surface area contributed by atoms with Crippen LogP contribution in [0.2, 0.25) is 0 Å². The van der Waals surface area contributed by atoms with Crippen molar-refractivity contribution in [2.75, 3.05) is 26.7 Å². The molecule has 0 aliphatic carbocycles. The number of aliphatic carboxylic acids is 1. The molecule has 1 aliphatic rings. The van der Waals surface area contributed by atoms with Crippen LogP contribution in [0.15, 0.2) is 0 Å². The topological polar surface area (TPSA) is 60.9 Å². The normalized spacial score (nSPS) is 22.3. The summed E-state index contributed by atoms with van der Waals surface area (Å²) < 4.78 is 0. The Balaban J connectivity index is 2.58. The van der Waals surface area contributed by atoms with Gasteiger partial charge in [0.05, 0.1) is 0 Å². The highest BCUT2D eigenvalue weighted by molar-refractivity contribution is 5.79. The quantitative estimate of drug-likeness (QED) is 0.675. The number of hydrogen-bond acceptors (Lipinski definition) is 3. The van der Waals surface area contributed by atoms with Crippen molar-refractivity contribution in [1.82, 2.24) is 9.80 Å². The van der Waals surface area contributed by atoms with Crippen LogP contribution in [0.3, 0.4) is 0 Å². The van der Waals surface area contributed by atoms with Gasteiger partial charge in [0.15, 0.2) is 0 Å². The predicted molar refractivity (Wildman–Crippen MR) is 50.9 cm³/mol. The third kappa shape index (κ3) is 2.70. The number of hydrogen-bond donors (Lipinski definition) is 1. The Morgan fingerprint density at radius 1 is 1.57 bits per heavy atom. The Kier molecular flexibility index (Phi) is 3.46. The largest absolute Gasteiger partial charge is 0.480 e. The minimum atomic E-state index is -0.949. The third-order valence-corrected chi connectivity index (χ3v) is 2.52. The highest BCUT2D eigenvalue weighted by Gasteiger charge is 2.28. The van der Waals surface area contributed by atoms with Crippen LogP contribution in [-0.2, 0) is 9.59 Å². The molecule has 1 aliphatic heterocycles. The van der Waals surface area contributed by atoms with Crippen molar-refractivity contribution in [3.63, 3.8) is 0 Å². The molecule has 1 rings (SSSR count). The van der Waals surface area contributed by atoms with Gasteiger partial charge in [0.1, 0.15) is 6.54 Å². The second-order valence-electron chi connectivity index (χ2n) is 3.75. The van der Waals surface area contributed by atoms with Gasteiger partial charge in [-0.25, -0.2) is 0 Å². The van der Waals surface area contributed by atoms with Gasteiger partial charge in [-0.3, -0.25) is 9.59 Å². The highest BCUT2D eigenvalue weighted by Crippen LogP contribution is 2.13. The summed E-state index contributed by atoms with van der Waals surface area (Å²) in [5, 5.41) is 8.65. The van der Waals surface area contributed by atoms with E-state index in [9.17, 15) is 9.59 Å². The zero-order valence-electron chi connectivity index (χ0n) is 8.56. The Morgan fingerprint density at radius 3 is 2.57 bits per heavy atom. The maximum atomic E-state index is 11.2. The van der Waals surface area contributed by atoms with Gasteiger partial charge in [-0.2, -0.15) is 0 Å². The Hall–Kier alpha value is -1.10. The first-order valence-electron chi connectivity index (χ1n) is 4.68. The molecule has 0 aromatic rings. The van der Waals surface area contributed by atoms with E-state index in [0.29, 0.717) is 0 Å². The molecule has 0 radical (unpaired) electrons. The van der Waals surface area contributed by atoms with E-state index in [4.69, 9.17) is 5.11 Å². The number of carboxylic acids is 1. The molecule has 5 nitrogen and oxygen atoms in total. The van der Waals surface area contributed by atoms with E-state index in [1.807, 2.05) is 7.05 Å². The minimum absolute atomic E-state index is 0.0635. The van der Waals surface area contributed by atoms with Gasteiger partial charge in [-0.1, -0.05) is 0 Å². The summed E-state index contributed by atoms with van der Waals surface area (Å²) >= 11 is 0. The summed E-state index contributed by atoms with van der Waals surface area (Å²) in [6.07, 6.45) is 0.864. The van der Waals surface area contributed by atoms with Crippen molar-refractivity contribution < 1.29 is 14.7 Å². The lowest BCUT2D eigenvalue weighted by molar-refractivity contribution is -0.145. The fourth-order valence-electron chi connectivity index (χ4n) is 1.81. The number of amides is 1. The number of carboxylic acid groups (broad SMARTS) is 1. The summed E-state index contributed by atoms with van der Waals surface area (Å²) in [4.78, 5) is 25.3. The van der Waals surface area contributed by atoms with Crippen molar-refractivity contribution in [1.29, 1.82) is 0 Å². The molecule has 1 N–H and O–H groups in total. The van der Waals surface area contributed by atoms with Crippen LogP contribution < -0.4 is 0 Å². The van der Waals surface area contributed by atoms with E-state index < -0.39 is 5.97 Å². The van der Waals surface area contributed by atoms with Crippen LogP contribution in [0.1, 0.15) is 13.3 Å².